The van der Waals surface area contributed by atoms with E-state index in [4.69, 9.17) is 11.6 Å². The van der Waals surface area contributed by atoms with Crippen LogP contribution in [0.5, 0.6) is 0 Å². The third-order valence-electron chi connectivity index (χ3n) is 3.08. The fourth-order valence-electron chi connectivity index (χ4n) is 2.14. The van der Waals surface area contributed by atoms with Gasteiger partial charge in [0.1, 0.15) is 5.82 Å². The molecule has 17 heavy (non-hydrogen) atoms. The molecule has 2 aromatic carbocycles. The monoisotopic (exact) mass is 245 g/mol. The highest BCUT2D eigenvalue weighted by Gasteiger charge is 2.28. The van der Waals surface area contributed by atoms with Crippen molar-refractivity contribution in [2.45, 2.75) is 18.8 Å². The Balaban J connectivity index is 2.17. The average Bonchev–Trinajstić information content (AvgIpc) is 3.12. The summed E-state index contributed by atoms with van der Waals surface area (Å²) in [6.07, 6.45) is 2.33. The maximum atomic E-state index is 13.3. The molecule has 3 rings (SSSR count). The summed E-state index contributed by atoms with van der Waals surface area (Å²) < 4.78 is 13.3. The van der Waals surface area contributed by atoms with Crippen LogP contribution < -0.4 is 0 Å². The molecule has 1 fully saturated rings. The summed E-state index contributed by atoms with van der Waals surface area (Å²) >= 11 is 6.24. The second-order valence-electron chi connectivity index (χ2n) is 4.40. The predicted molar refractivity (Wildman–Crippen MR) is 67.7 cm³/mol. The van der Waals surface area contributed by atoms with Crippen LogP contribution in [0, 0.1) is 11.9 Å². The van der Waals surface area contributed by atoms with Crippen LogP contribution in [0.15, 0.2) is 36.4 Å². The molecule has 0 aromatic heterocycles. The largest absolute Gasteiger partial charge is 0.207 e. The fraction of sp³-hybridized carbons (Fsp3) is 0.200. The summed E-state index contributed by atoms with van der Waals surface area (Å²) in [7, 11) is 0. The highest BCUT2D eigenvalue weighted by atomic mass is 35.5. The SMILES string of the molecule is Fc1cccc(-c2[c]ccc(Cl)c2C2CC2)c1. The highest BCUT2D eigenvalue weighted by molar-refractivity contribution is 6.31. The van der Waals surface area contributed by atoms with Gasteiger partial charge in [0.05, 0.1) is 0 Å². The molecule has 1 aliphatic carbocycles. The smallest absolute Gasteiger partial charge is 0.123 e. The normalized spacial score (nSPS) is 14.9. The van der Waals surface area contributed by atoms with Crippen LogP contribution in [0.4, 0.5) is 4.39 Å². The zero-order valence-electron chi connectivity index (χ0n) is 9.21. The Kier molecular flexibility index (Phi) is 2.64. The topological polar surface area (TPSA) is 0 Å². The van der Waals surface area contributed by atoms with E-state index >= 15 is 0 Å². The summed E-state index contributed by atoms with van der Waals surface area (Å²) in [5, 5.41) is 0.769. The van der Waals surface area contributed by atoms with Crippen LogP contribution in [0.1, 0.15) is 24.3 Å². The molecule has 0 unspecified atom stereocenters. The lowest BCUT2D eigenvalue weighted by Gasteiger charge is -2.10. The van der Waals surface area contributed by atoms with E-state index in [-0.39, 0.29) is 5.82 Å². The molecule has 0 atom stereocenters. The first-order valence-corrected chi connectivity index (χ1v) is 6.09. The molecule has 2 aromatic rings. The molecule has 0 saturated heterocycles. The standard InChI is InChI=1S/C15H11ClF/c16-14-6-2-5-13(15(14)10-7-8-10)11-3-1-4-12(17)9-11/h1-4,6,9-10H,7-8H2. The molecule has 1 saturated carbocycles. The van der Waals surface area contributed by atoms with E-state index in [0.29, 0.717) is 5.92 Å². The number of halogens is 2. The lowest BCUT2D eigenvalue weighted by Crippen LogP contribution is -1.89. The Morgan fingerprint density at radius 3 is 2.76 bits per heavy atom. The van der Waals surface area contributed by atoms with Gasteiger partial charge in [0, 0.05) is 5.02 Å². The fourth-order valence-corrected chi connectivity index (χ4v) is 2.45. The predicted octanol–water partition coefficient (Wildman–Crippen LogP) is 4.82. The number of hydrogen-bond donors (Lipinski definition) is 0. The first kappa shape index (κ1) is 10.8. The van der Waals surface area contributed by atoms with Crippen molar-refractivity contribution in [1.82, 2.24) is 0 Å². The molecule has 0 bridgehead atoms. The molecule has 0 N–H and O–H groups in total. The minimum atomic E-state index is -0.224. The van der Waals surface area contributed by atoms with Gasteiger partial charge in [0.2, 0.25) is 0 Å². The zero-order valence-corrected chi connectivity index (χ0v) is 9.97. The molecule has 2 heteroatoms. The number of hydrogen-bond acceptors (Lipinski definition) is 0. The zero-order chi connectivity index (χ0) is 11.8. The summed E-state index contributed by atoms with van der Waals surface area (Å²) in [6, 6.07) is 13.5. The van der Waals surface area contributed by atoms with Gasteiger partial charge >= 0.3 is 0 Å². The molecule has 0 aliphatic heterocycles. The maximum Gasteiger partial charge on any atom is 0.123 e. The summed E-state index contributed by atoms with van der Waals surface area (Å²) in [5.41, 5.74) is 2.92. The minimum Gasteiger partial charge on any atom is -0.207 e. The van der Waals surface area contributed by atoms with Crippen LogP contribution in [0.25, 0.3) is 11.1 Å². The first-order valence-electron chi connectivity index (χ1n) is 5.72. The van der Waals surface area contributed by atoms with Crippen molar-refractivity contribution in [1.29, 1.82) is 0 Å². The number of rotatable bonds is 2. The molecular weight excluding hydrogens is 235 g/mol. The summed E-state index contributed by atoms with van der Waals surface area (Å²) in [6.45, 7) is 0. The van der Waals surface area contributed by atoms with Crippen molar-refractivity contribution < 1.29 is 4.39 Å². The van der Waals surface area contributed by atoms with E-state index in [1.165, 1.54) is 25.0 Å². The molecule has 0 spiro atoms. The Hall–Kier alpha value is -1.34. The van der Waals surface area contributed by atoms with Gasteiger partial charge in [-0.25, -0.2) is 4.39 Å². The van der Waals surface area contributed by atoms with Crippen LogP contribution >= 0.6 is 11.6 Å². The van der Waals surface area contributed by atoms with E-state index in [2.05, 4.69) is 6.07 Å². The Bertz CT molecular complexity index is 559. The Morgan fingerprint density at radius 2 is 2.06 bits per heavy atom. The van der Waals surface area contributed by atoms with Crippen LogP contribution in [0.3, 0.4) is 0 Å². The number of benzene rings is 2. The first-order chi connectivity index (χ1) is 8.25. The molecule has 0 nitrogen and oxygen atoms in total. The van der Waals surface area contributed by atoms with E-state index in [9.17, 15) is 4.39 Å². The van der Waals surface area contributed by atoms with Gasteiger partial charge in [0.15, 0.2) is 0 Å². The lowest BCUT2D eigenvalue weighted by molar-refractivity contribution is 0.628. The third-order valence-corrected chi connectivity index (χ3v) is 3.41. The van der Waals surface area contributed by atoms with Gasteiger partial charge in [0.25, 0.3) is 0 Å². The van der Waals surface area contributed by atoms with E-state index in [0.717, 1.165) is 21.7 Å². The molecule has 85 valence electrons. The van der Waals surface area contributed by atoms with Crippen molar-refractivity contribution in [3.05, 3.63) is 58.9 Å². The van der Waals surface area contributed by atoms with Crippen LogP contribution in [-0.2, 0) is 0 Å². The molecule has 1 radical (unpaired) electrons. The lowest BCUT2D eigenvalue weighted by atomic mass is 9.96. The minimum absolute atomic E-state index is 0.224. The van der Waals surface area contributed by atoms with Crippen molar-refractivity contribution in [2.75, 3.05) is 0 Å². The van der Waals surface area contributed by atoms with Crippen molar-refractivity contribution in [2.24, 2.45) is 0 Å². The molecular formula is C15H11ClF. The molecule has 1 aliphatic rings. The van der Waals surface area contributed by atoms with Crippen molar-refractivity contribution in [3.8, 4) is 11.1 Å². The maximum absolute atomic E-state index is 13.3. The van der Waals surface area contributed by atoms with Crippen LogP contribution in [-0.4, -0.2) is 0 Å². The van der Waals surface area contributed by atoms with Gasteiger partial charge in [-0.3, -0.25) is 0 Å². The Morgan fingerprint density at radius 1 is 1.24 bits per heavy atom. The van der Waals surface area contributed by atoms with E-state index < -0.39 is 0 Å². The molecule has 0 heterocycles. The van der Waals surface area contributed by atoms with Crippen molar-refractivity contribution in [3.63, 3.8) is 0 Å². The van der Waals surface area contributed by atoms with Gasteiger partial charge < -0.3 is 0 Å². The summed E-state index contributed by atoms with van der Waals surface area (Å²) in [5.74, 6) is 0.302. The van der Waals surface area contributed by atoms with Crippen molar-refractivity contribution >= 4 is 11.6 Å². The van der Waals surface area contributed by atoms with E-state index in [1.54, 1.807) is 12.1 Å². The Labute approximate surface area is 105 Å². The molecule has 0 amide bonds. The van der Waals surface area contributed by atoms with Gasteiger partial charge in [-0.05, 0) is 59.7 Å². The highest BCUT2D eigenvalue weighted by Crippen LogP contribution is 2.47. The second-order valence-corrected chi connectivity index (χ2v) is 4.81. The van der Waals surface area contributed by atoms with Gasteiger partial charge in [-0.2, -0.15) is 0 Å². The van der Waals surface area contributed by atoms with Gasteiger partial charge in [-0.15, -0.1) is 0 Å². The average molecular weight is 246 g/mol. The van der Waals surface area contributed by atoms with Gasteiger partial charge in [-0.1, -0.05) is 29.8 Å². The van der Waals surface area contributed by atoms with Crippen LogP contribution in [0.2, 0.25) is 5.02 Å². The summed E-state index contributed by atoms with van der Waals surface area (Å²) in [4.78, 5) is 0. The quantitative estimate of drug-likeness (QED) is 0.711. The third kappa shape index (κ3) is 2.07. The second kappa shape index (κ2) is 4.15. The van der Waals surface area contributed by atoms with E-state index in [1.807, 2.05) is 12.1 Å².